The smallest absolute Gasteiger partial charge is 0.224 e. The lowest BCUT2D eigenvalue weighted by atomic mass is 10.0. The Morgan fingerprint density at radius 2 is 2.17 bits per heavy atom. The summed E-state index contributed by atoms with van der Waals surface area (Å²) < 4.78 is 5.07. The zero-order valence-electron chi connectivity index (χ0n) is 10.5. The number of carbonyl (C=O) groups excluding carboxylic acids is 1. The van der Waals surface area contributed by atoms with Crippen LogP contribution in [0.5, 0.6) is 5.75 Å². The van der Waals surface area contributed by atoms with E-state index in [0.29, 0.717) is 23.1 Å². The van der Waals surface area contributed by atoms with E-state index in [2.05, 4.69) is 5.32 Å². The number of amides is 1. The van der Waals surface area contributed by atoms with Crippen molar-refractivity contribution in [1.82, 2.24) is 0 Å². The number of halogens is 1. The van der Waals surface area contributed by atoms with Gasteiger partial charge in [0, 0.05) is 12.1 Å². The van der Waals surface area contributed by atoms with Crippen LogP contribution in [-0.4, -0.2) is 13.0 Å². The minimum Gasteiger partial charge on any atom is -0.495 e. The first-order chi connectivity index (χ1) is 8.69. The van der Waals surface area contributed by atoms with Crippen LogP contribution in [0.2, 0.25) is 5.02 Å². The molecular formula is C14H18ClNO2. The molecule has 0 bridgehead atoms. The van der Waals surface area contributed by atoms with Gasteiger partial charge in [0.15, 0.2) is 0 Å². The maximum atomic E-state index is 11.8. The molecule has 18 heavy (non-hydrogen) atoms. The minimum absolute atomic E-state index is 0.0723. The molecule has 1 amide bonds. The molecule has 1 saturated carbocycles. The van der Waals surface area contributed by atoms with Crippen molar-refractivity contribution >= 4 is 23.2 Å². The van der Waals surface area contributed by atoms with Crippen molar-refractivity contribution in [3.05, 3.63) is 23.2 Å². The van der Waals surface area contributed by atoms with Crippen molar-refractivity contribution in [2.75, 3.05) is 12.4 Å². The van der Waals surface area contributed by atoms with E-state index in [4.69, 9.17) is 16.3 Å². The highest BCUT2D eigenvalue weighted by Gasteiger charge is 2.18. The van der Waals surface area contributed by atoms with Crippen molar-refractivity contribution in [1.29, 1.82) is 0 Å². The van der Waals surface area contributed by atoms with Crippen molar-refractivity contribution in [3.8, 4) is 5.75 Å². The van der Waals surface area contributed by atoms with E-state index in [9.17, 15) is 4.79 Å². The number of carbonyl (C=O) groups is 1. The maximum Gasteiger partial charge on any atom is 0.224 e. The van der Waals surface area contributed by atoms with Gasteiger partial charge in [-0.25, -0.2) is 0 Å². The lowest BCUT2D eigenvalue weighted by Crippen LogP contribution is -2.15. The number of benzene rings is 1. The van der Waals surface area contributed by atoms with Crippen molar-refractivity contribution < 1.29 is 9.53 Å². The summed E-state index contributed by atoms with van der Waals surface area (Å²) in [5.41, 5.74) is 0.726. The van der Waals surface area contributed by atoms with Gasteiger partial charge in [0.25, 0.3) is 0 Å². The summed E-state index contributed by atoms with van der Waals surface area (Å²) in [5.74, 6) is 1.24. The fourth-order valence-electron chi connectivity index (χ4n) is 2.43. The minimum atomic E-state index is 0.0723. The Morgan fingerprint density at radius 3 is 2.78 bits per heavy atom. The third-order valence-corrected chi connectivity index (χ3v) is 3.68. The molecule has 4 heteroatoms. The summed E-state index contributed by atoms with van der Waals surface area (Å²) in [6.45, 7) is 0. The summed E-state index contributed by atoms with van der Waals surface area (Å²) in [7, 11) is 1.57. The van der Waals surface area contributed by atoms with Crippen LogP contribution in [0.3, 0.4) is 0 Å². The number of rotatable bonds is 4. The van der Waals surface area contributed by atoms with Crippen LogP contribution in [0.1, 0.15) is 32.1 Å². The first-order valence-corrected chi connectivity index (χ1v) is 6.70. The summed E-state index contributed by atoms with van der Waals surface area (Å²) in [6.07, 6.45) is 5.48. The van der Waals surface area contributed by atoms with Gasteiger partial charge in [-0.05, 0) is 37.0 Å². The van der Waals surface area contributed by atoms with Crippen LogP contribution in [0, 0.1) is 5.92 Å². The average Bonchev–Trinajstić information content (AvgIpc) is 2.82. The number of nitrogens with one attached hydrogen (secondary N) is 1. The molecule has 0 radical (unpaired) electrons. The number of anilines is 1. The molecule has 0 atom stereocenters. The van der Waals surface area contributed by atoms with Gasteiger partial charge in [-0.1, -0.05) is 24.4 Å². The Bertz CT molecular complexity index is 428. The van der Waals surface area contributed by atoms with Crippen molar-refractivity contribution in [2.45, 2.75) is 32.1 Å². The highest BCUT2D eigenvalue weighted by Crippen LogP contribution is 2.29. The van der Waals surface area contributed by atoms with Gasteiger partial charge in [-0.2, -0.15) is 0 Å². The predicted molar refractivity (Wildman–Crippen MR) is 73.2 cm³/mol. The Hall–Kier alpha value is -1.22. The van der Waals surface area contributed by atoms with Gasteiger partial charge in [0.1, 0.15) is 5.75 Å². The van der Waals surface area contributed by atoms with Gasteiger partial charge in [-0.15, -0.1) is 0 Å². The summed E-state index contributed by atoms with van der Waals surface area (Å²) in [5, 5.41) is 3.39. The second-order valence-electron chi connectivity index (χ2n) is 4.75. The molecule has 1 N–H and O–H groups in total. The molecule has 1 aliphatic rings. The van der Waals surface area contributed by atoms with E-state index in [1.54, 1.807) is 25.3 Å². The van der Waals surface area contributed by atoms with E-state index in [0.717, 1.165) is 5.69 Å². The van der Waals surface area contributed by atoms with Gasteiger partial charge < -0.3 is 10.1 Å². The third kappa shape index (κ3) is 3.39. The Balaban J connectivity index is 1.92. The Morgan fingerprint density at radius 1 is 1.44 bits per heavy atom. The summed E-state index contributed by atoms with van der Waals surface area (Å²) >= 11 is 6.01. The lowest BCUT2D eigenvalue weighted by Gasteiger charge is -2.10. The van der Waals surface area contributed by atoms with Gasteiger partial charge in [0.2, 0.25) is 5.91 Å². The van der Waals surface area contributed by atoms with Gasteiger partial charge >= 0.3 is 0 Å². The van der Waals surface area contributed by atoms with Crippen LogP contribution < -0.4 is 10.1 Å². The number of ether oxygens (including phenoxy) is 1. The van der Waals surface area contributed by atoms with E-state index >= 15 is 0 Å². The monoisotopic (exact) mass is 267 g/mol. The molecule has 1 aromatic rings. The van der Waals surface area contributed by atoms with Crippen molar-refractivity contribution in [3.63, 3.8) is 0 Å². The summed E-state index contributed by atoms with van der Waals surface area (Å²) in [6, 6.07) is 5.28. The standard InChI is InChI=1S/C14H18ClNO2/c1-18-13-7-6-11(9-12(13)15)16-14(17)8-10-4-2-3-5-10/h6-7,9-10H,2-5,8H2,1H3,(H,16,17). The molecule has 3 nitrogen and oxygen atoms in total. The van der Waals surface area contributed by atoms with E-state index in [1.165, 1.54) is 25.7 Å². The summed E-state index contributed by atoms with van der Waals surface area (Å²) in [4.78, 5) is 11.8. The van der Waals surface area contributed by atoms with Crippen molar-refractivity contribution in [2.24, 2.45) is 5.92 Å². The van der Waals surface area contributed by atoms with Crippen LogP contribution in [0.25, 0.3) is 0 Å². The molecule has 2 rings (SSSR count). The second kappa shape index (κ2) is 6.10. The fourth-order valence-corrected chi connectivity index (χ4v) is 2.69. The van der Waals surface area contributed by atoms with E-state index < -0.39 is 0 Å². The fraction of sp³-hybridized carbons (Fsp3) is 0.500. The van der Waals surface area contributed by atoms with Gasteiger partial charge in [-0.3, -0.25) is 4.79 Å². The highest BCUT2D eigenvalue weighted by atomic mass is 35.5. The molecule has 1 fully saturated rings. The van der Waals surface area contributed by atoms with Crippen LogP contribution >= 0.6 is 11.6 Å². The molecular weight excluding hydrogens is 250 g/mol. The topological polar surface area (TPSA) is 38.3 Å². The Labute approximate surface area is 112 Å². The zero-order chi connectivity index (χ0) is 13.0. The quantitative estimate of drug-likeness (QED) is 0.899. The molecule has 0 spiro atoms. The first-order valence-electron chi connectivity index (χ1n) is 6.32. The SMILES string of the molecule is COc1ccc(NC(=O)CC2CCCC2)cc1Cl. The van der Waals surface area contributed by atoms with E-state index in [1.807, 2.05) is 0 Å². The highest BCUT2D eigenvalue weighted by molar-refractivity contribution is 6.32. The second-order valence-corrected chi connectivity index (χ2v) is 5.16. The molecule has 0 aliphatic heterocycles. The average molecular weight is 268 g/mol. The molecule has 0 aromatic heterocycles. The van der Waals surface area contributed by atoms with Crippen LogP contribution in [0.15, 0.2) is 18.2 Å². The number of hydrogen-bond acceptors (Lipinski definition) is 2. The molecule has 98 valence electrons. The predicted octanol–water partition coefficient (Wildman–Crippen LogP) is 3.87. The largest absolute Gasteiger partial charge is 0.495 e. The normalized spacial score (nSPS) is 15.7. The lowest BCUT2D eigenvalue weighted by molar-refractivity contribution is -0.117. The third-order valence-electron chi connectivity index (χ3n) is 3.38. The van der Waals surface area contributed by atoms with Crippen LogP contribution in [0.4, 0.5) is 5.69 Å². The molecule has 0 saturated heterocycles. The van der Waals surface area contributed by atoms with E-state index in [-0.39, 0.29) is 5.91 Å². The Kier molecular flexibility index (Phi) is 4.48. The number of methoxy groups -OCH3 is 1. The molecule has 1 aromatic carbocycles. The zero-order valence-corrected chi connectivity index (χ0v) is 11.3. The van der Waals surface area contributed by atoms with Gasteiger partial charge in [0.05, 0.1) is 12.1 Å². The first kappa shape index (κ1) is 13.2. The number of hydrogen-bond donors (Lipinski definition) is 1. The molecule has 0 unspecified atom stereocenters. The molecule has 0 heterocycles. The van der Waals surface area contributed by atoms with Crippen LogP contribution in [-0.2, 0) is 4.79 Å². The molecule has 1 aliphatic carbocycles. The maximum absolute atomic E-state index is 11.8.